The maximum Gasteiger partial charge on any atom is 0.248 e. The van der Waals surface area contributed by atoms with Crippen LogP contribution in [0.25, 0.3) is 11.9 Å². The fourth-order valence-corrected chi connectivity index (χ4v) is 1.96. The first-order valence-electron chi connectivity index (χ1n) is 6.92. The van der Waals surface area contributed by atoms with Crippen LogP contribution in [0.4, 0.5) is 10.1 Å². The van der Waals surface area contributed by atoms with Crippen molar-refractivity contribution in [2.24, 2.45) is 0 Å². The van der Waals surface area contributed by atoms with E-state index >= 15 is 0 Å². The van der Waals surface area contributed by atoms with Crippen LogP contribution in [-0.4, -0.2) is 20.7 Å². The number of aromatic nitrogens is 3. The van der Waals surface area contributed by atoms with E-state index in [1.165, 1.54) is 24.4 Å². The van der Waals surface area contributed by atoms with Gasteiger partial charge < -0.3 is 5.32 Å². The van der Waals surface area contributed by atoms with Gasteiger partial charge in [-0.15, -0.1) is 0 Å². The molecule has 1 amide bonds. The standard InChI is InChI=1S/C17H13FN4O/c18-15-5-2-1-4-13(15)6-9-17(23)21-14-7-8-16(19-12-14)22-11-3-10-20-22/h1-12H,(H,21,23)/b9-6+. The fourth-order valence-electron chi connectivity index (χ4n) is 1.96. The van der Waals surface area contributed by atoms with E-state index in [1.807, 2.05) is 0 Å². The Morgan fingerprint density at radius 2 is 2.04 bits per heavy atom. The molecule has 0 atom stereocenters. The topological polar surface area (TPSA) is 59.8 Å². The molecule has 0 aliphatic heterocycles. The Hall–Kier alpha value is -3.28. The number of amides is 1. The molecule has 0 saturated heterocycles. The molecule has 0 unspecified atom stereocenters. The lowest BCUT2D eigenvalue weighted by Gasteiger charge is -2.04. The Labute approximate surface area is 132 Å². The van der Waals surface area contributed by atoms with Gasteiger partial charge in [-0.1, -0.05) is 18.2 Å². The van der Waals surface area contributed by atoms with Gasteiger partial charge in [0, 0.05) is 24.0 Å². The zero-order chi connectivity index (χ0) is 16.1. The van der Waals surface area contributed by atoms with Gasteiger partial charge in [0.2, 0.25) is 5.91 Å². The highest BCUT2D eigenvalue weighted by atomic mass is 19.1. The summed E-state index contributed by atoms with van der Waals surface area (Å²) < 4.78 is 15.1. The molecule has 3 aromatic rings. The van der Waals surface area contributed by atoms with Crippen molar-refractivity contribution in [1.82, 2.24) is 14.8 Å². The van der Waals surface area contributed by atoms with Gasteiger partial charge in [0.25, 0.3) is 0 Å². The first kappa shape index (κ1) is 14.6. The molecular weight excluding hydrogens is 295 g/mol. The molecule has 0 aliphatic carbocycles. The molecule has 1 N–H and O–H groups in total. The molecule has 2 heterocycles. The van der Waals surface area contributed by atoms with Gasteiger partial charge in [0.05, 0.1) is 11.9 Å². The number of hydrogen-bond acceptors (Lipinski definition) is 3. The van der Waals surface area contributed by atoms with Crippen molar-refractivity contribution in [3.63, 3.8) is 0 Å². The molecule has 0 radical (unpaired) electrons. The van der Waals surface area contributed by atoms with Crippen molar-refractivity contribution in [3.05, 3.63) is 78.5 Å². The molecular formula is C17H13FN4O. The highest BCUT2D eigenvalue weighted by Gasteiger charge is 2.02. The smallest absolute Gasteiger partial charge is 0.248 e. The molecule has 0 spiro atoms. The molecule has 23 heavy (non-hydrogen) atoms. The van der Waals surface area contributed by atoms with Gasteiger partial charge in [-0.3, -0.25) is 4.79 Å². The third-order valence-corrected chi connectivity index (χ3v) is 3.07. The first-order chi connectivity index (χ1) is 11.2. The van der Waals surface area contributed by atoms with Crippen molar-refractivity contribution in [2.75, 3.05) is 5.32 Å². The number of rotatable bonds is 4. The van der Waals surface area contributed by atoms with E-state index in [0.29, 0.717) is 17.1 Å². The molecule has 1 aromatic carbocycles. The van der Waals surface area contributed by atoms with Gasteiger partial charge in [-0.25, -0.2) is 14.1 Å². The minimum Gasteiger partial charge on any atom is -0.321 e. The molecule has 114 valence electrons. The maximum atomic E-state index is 13.4. The Morgan fingerprint density at radius 3 is 2.74 bits per heavy atom. The summed E-state index contributed by atoms with van der Waals surface area (Å²) in [4.78, 5) is 16.1. The summed E-state index contributed by atoms with van der Waals surface area (Å²) >= 11 is 0. The van der Waals surface area contributed by atoms with Gasteiger partial charge >= 0.3 is 0 Å². The van der Waals surface area contributed by atoms with Crippen molar-refractivity contribution < 1.29 is 9.18 Å². The van der Waals surface area contributed by atoms with E-state index in [9.17, 15) is 9.18 Å². The monoisotopic (exact) mass is 308 g/mol. The SMILES string of the molecule is O=C(/C=C/c1ccccc1F)Nc1ccc(-n2cccn2)nc1. The molecule has 6 heteroatoms. The molecule has 0 aliphatic rings. The number of benzene rings is 1. The zero-order valence-corrected chi connectivity index (χ0v) is 12.1. The third-order valence-electron chi connectivity index (χ3n) is 3.07. The first-order valence-corrected chi connectivity index (χ1v) is 6.92. The van der Waals surface area contributed by atoms with E-state index in [0.717, 1.165) is 0 Å². The summed E-state index contributed by atoms with van der Waals surface area (Å²) in [6.45, 7) is 0. The number of halogens is 1. The van der Waals surface area contributed by atoms with Crippen LogP contribution in [0, 0.1) is 5.82 Å². The van der Waals surface area contributed by atoms with Crippen LogP contribution in [0.3, 0.4) is 0 Å². The van der Waals surface area contributed by atoms with E-state index < -0.39 is 0 Å². The number of carbonyl (C=O) groups is 1. The van der Waals surface area contributed by atoms with Crippen LogP contribution in [0.5, 0.6) is 0 Å². The zero-order valence-electron chi connectivity index (χ0n) is 12.1. The lowest BCUT2D eigenvalue weighted by Crippen LogP contribution is -2.08. The van der Waals surface area contributed by atoms with Crippen LogP contribution in [0.1, 0.15) is 5.56 Å². The summed E-state index contributed by atoms with van der Waals surface area (Å²) in [6.07, 6.45) is 7.67. The molecule has 5 nitrogen and oxygen atoms in total. The van der Waals surface area contributed by atoms with Crippen molar-refractivity contribution >= 4 is 17.7 Å². The van der Waals surface area contributed by atoms with E-state index in [1.54, 1.807) is 53.5 Å². The van der Waals surface area contributed by atoms with Crippen LogP contribution in [-0.2, 0) is 4.79 Å². The minimum atomic E-state index is -0.373. The van der Waals surface area contributed by atoms with Gasteiger partial charge in [0.1, 0.15) is 5.82 Å². The summed E-state index contributed by atoms with van der Waals surface area (Å²) in [6, 6.07) is 11.5. The predicted octanol–water partition coefficient (Wildman–Crippen LogP) is 3.06. The Kier molecular flexibility index (Phi) is 4.24. The second-order valence-electron chi connectivity index (χ2n) is 4.70. The summed E-state index contributed by atoms with van der Waals surface area (Å²) in [5, 5.41) is 6.73. The molecule has 2 aromatic heterocycles. The van der Waals surface area contributed by atoms with Crippen molar-refractivity contribution in [2.45, 2.75) is 0 Å². The van der Waals surface area contributed by atoms with Crippen LogP contribution in [0.2, 0.25) is 0 Å². The predicted molar refractivity (Wildman–Crippen MR) is 85.4 cm³/mol. The Bertz CT molecular complexity index is 826. The number of hydrogen-bond donors (Lipinski definition) is 1. The third kappa shape index (κ3) is 3.68. The second-order valence-corrected chi connectivity index (χ2v) is 4.70. The average Bonchev–Trinajstić information content (AvgIpc) is 3.09. The van der Waals surface area contributed by atoms with E-state index in [4.69, 9.17) is 0 Å². The van der Waals surface area contributed by atoms with Crippen LogP contribution < -0.4 is 5.32 Å². The van der Waals surface area contributed by atoms with E-state index in [-0.39, 0.29) is 11.7 Å². The summed E-state index contributed by atoms with van der Waals surface area (Å²) in [7, 11) is 0. The van der Waals surface area contributed by atoms with Gasteiger partial charge in [-0.05, 0) is 30.3 Å². The molecule has 3 rings (SSSR count). The molecule has 0 saturated carbocycles. The number of carbonyl (C=O) groups excluding carboxylic acids is 1. The Balaban J connectivity index is 1.65. The van der Waals surface area contributed by atoms with Crippen molar-refractivity contribution in [1.29, 1.82) is 0 Å². The number of nitrogens with one attached hydrogen (secondary N) is 1. The van der Waals surface area contributed by atoms with Crippen molar-refractivity contribution in [3.8, 4) is 5.82 Å². The highest BCUT2D eigenvalue weighted by Crippen LogP contribution is 2.11. The lowest BCUT2D eigenvalue weighted by molar-refractivity contribution is -0.111. The largest absolute Gasteiger partial charge is 0.321 e. The minimum absolute atomic E-state index is 0.356. The normalized spacial score (nSPS) is 10.8. The summed E-state index contributed by atoms with van der Waals surface area (Å²) in [5.74, 6) is -0.0846. The maximum absolute atomic E-state index is 13.4. The van der Waals surface area contributed by atoms with Gasteiger partial charge in [0.15, 0.2) is 5.82 Å². The number of nitrogens with zero attached hydrogens (tertiary/aromatic N) is 3. The highest BCUT2D eigenvalue weighted by molar-refractivity contribution is 6.01. The summed E-state index contributed by atoms with van der Waals surface area (Å²) in [5.41, 5.74) is 0.902. The molecule has 0 fully saturated rings. The quantitative estimate of drug-likeness (QED) is 0.754. The number of pyridine rings is 1. The van der Waals surface area contributed by atoms with Crippen LogP contribution in [0.15, 0.2) is 67.1 Å². The number of anilines is 1. The van der Waals surface area contributed by atoms with Gasteiger partial charge in [-0.2, -0.15) is 5.10 Å². The fraction of sp³-hybridized carbons (Fsp3) is 0. The van der Waals surface area contributed by atoms with E-state index in [2.05, 4.69) is 15.4 Å². The Morgan fingerprint density at radius 1 is 1.17 bits per heavy atom. The lowest BCUT2D eigenvalue weighted by atomic mass is 10.2. The van der Waals surface area contributed by atoms with Crippen LogP contribution >= 0.6 is 0 Å². The molecule has 0 bridgehead atoms. The second kappa shape index (κ2) is 6.65. The average molecular weight is 308 g/mol.